The molecule has 6 nitrogen and oxygen atoms in total. The molecule has 0 aromatic carbocycles. The molecule has 0 unspecified atom stereocenters. The fourth-order valence-electron chi connectivity index (χ4n) is 4.28. The van der Waals surface area contributed by atoms with E-state index in [-0.39, 0.29) is 5.60 Å². The summed E-state index contributed by atoms with van der Waals surface area (Å²) >= 11 is 0. The van der Waals surface area contributed by atoms with Crippen LogP contribution < -0.4 is 5.32 Å². The van der Waals surface area contributed by atoms with E-state index in [1.165, 1.54) is 19.4 Å². The smallest absolute Gasteiger partial charge is 0.222 e. The summed E-state index contributed by atoms with van der Waals surface area (Å²) in [5.41, 5.74) is 0.0681. The molecule has 3 aliphatic heterocycles. The Kier molecular flexibility index (Phi) is 4.96. The molecule has 132 valence electrons. The molecule has 0 amide bonds. The van der Waals surface area contributed by atoms with Gasteiger partial charge in [-0.25, -0.2) is 9.97 Å². The van der Waals surface area contributed by atoms with Gasteiger partial charge >= 0.3 is 0 Å². The van der Waals surface area contributed by atoms with Crippen LogP contribution in [0.25, 0.3) is 0 Å². The predicted octanol–water partition coefficient (Wildman–Crippen LogP) is 1.94. The van der Waals surface area contributed by atoms with E-state index in [0.29, 0.717) is 12.0 Å². The lowest BCUT2D eigenvalue weighted by Crippen LogP contribution is -2.46. The molecular formula is C18H28N4O2. The molecule has 24 heavy (non-hydrogen) atoms. The predicted molar refractivity (Wildman–Crippen MR) is 92.0 cm³/mol. The van der Waals surface area contributed by atoms with Crippen molar-refractivity contribution in [3.05, 3.63) is 18.5 Å². The fourth-order valence-corrected chi connectivity index (χ4v) is 4.28. The van der Waals surface area contributed by atoms with Crippen molar-refractivity contribution in [1.82, 2.24) is 14.9 Å². The van der Waals surface area contributed by atoms with E-state index in [1.807, 2.05) is 6.07 Å². The Bertz CT molecular complexity index is 513. The number of anilines is 1. The highest BCUT2D eigenvalue weighted by Gasteiger charge is 2.43. The van der Waals surface area contributed by atoms with Gasteiger partial charge in [0.05, 0.1) is 18.2 Å². The summed E-state index contributed by atoms with van der Waals surface area (Å²) in [7, 11) is 0. The molecular weight excluding hydrogens is 304 g/mol. The van der Waals surface area contributed by atoms with Gasteiger partial charge in [-0.15, -0.1) is 0 Å². The summed E-state index contributed by atoms with van der Waals surface area (Å²) in [6.07, 6.45) is 9.35. The van der Waals surface area contributed by atoms with E-state index in [2.05, 4.69) is 20.2 Å². The number of rotatable bonds is 4. The molecule has 1 spiro atoms. The number of ether oxygens (including phenoxy) is 2. The minimum atomic E-state index is 0.0681. The zero-order valence-corrected chi connectivity index (χ0v) is 14.3. The molecule has 3 fully saturated rings. The number of piperidine rings is 1. The Labute approximate surface area is 143 Å². The molecule has 1 N–H and O–H groups in total. The standard InChI is InChI=1S/C18H28N4O2/c1-6-19-17(20-7-1)21-16-12-18(24-14-16)4-8-22(9-5-18)13-15-2-10-23-11-3-15/h1,6-7,15-16H,2-5,8-14H2,(H,19,20,21)/t16-/m0/s1. The Morgan fingerprint density at radius 2 is 1.92 bits per heavy atom. The highest BCUT2D eigenvalue weighted by molar-refractivity contribution is 5.25. The molecule has 0 radical (unpaired) electrons. The van der Waals surface area contributed by atoms with E-state index in [4.69, 9.17) is 9.47 Å². The summed E-state index contributed by atoms with van der Waals surface area (Å²) in [5.74, 6) is 1.53. The molecule has 6 heteroatoms. The SMILES string of the molecule is c1cnc(N[C@@H]2COC3(CCN(CC4CCOCC4)CC3)C2)nc1. The van der Waals surface area contributed by atoms with Crippen LogP contribution in [0.3, 0.4) is 0 Å². The van der Waals surface area contributed by atoms with E-state index in [9.17, 15) is 0 Å². The zero-order valence-electron chi connectivity index (χ0n) is 14.3. The van der Waals surface area contributed by atoms with Crippen molar-refractivity contribution in [3.63, 3.8) is 0 Å². The third-order valence-corrected chi connectivity index (χ3v) is 5.73. The molecule has 1 aromatic rings. The first kappa shape index (κ1) is 16.2. The second kappa shape index (κ2) is 7.33. The Morgan fingerprint density at radius 3 is 2.67 bits per heavy atom. The van der Waals surface area contributed by atoms with Gasteiger partial charge in [-0.2, -0.15) is 0 Å². The van der Waals surface area contributed by atoms with Gasteiger partial charge < -0.3 is 19.7 Å². The van der Waals surface area contributed by atoms with Gasteiger partial charge in [-0.05, 0) is 44.1 Å². The lowest BCUT2D eigenvalue weighted by Gasteiger charge is -2.40. The van der Waals surface area contributed by atoms with E-state index < -0.39 is 0 Å². The number of aromatic nitrogens is 2. The van der Waals surface area contributed by atoms with Gasteiger partial charge in [0.25, 0.3) is 0 Å². The topological polar surface area (TPSA) is 59.5 Å². The molecule has 0 bridgehead atoms. The molecule has 0 aliphatic carbocycles. The van der Waals surface area contributed by atoms with Crippen LogP contribution in [-0.2, 0) is 9.47 Å². The quantitative estimate of drug-likeness (QED) is 0.909. The highest BCUT2D eigenvalue weighted by Crippen LogP contribution is 2.37. The zero-order chi connectivity index (χ0) is 16.2. The minimum Gasteiger partial charge on any atom is -0.381 e. The van der Waals surface area contributed by atoms with Gasteiger partial charge in [0, 0.05) is 45.2 Å². The van der Waals surface area contributed by atoms with Crippen LogP contribution in [0.4, 0.5) is 5.95 Å². The maximum absolute atomic E-state index is 6.24. The molecule has 3 aliphatic rings. The first-order chi connectivity index (χ1) is 11.8. The average Bonchev–Trinajstić information content (AvgIpc) is 3.01. The second-order valence-corrected chi connectivity index (χ2v) is 7.47. The fraction of sp³-hybridized carbons (Fsp3) is 0.778. The van der Waals surface area contributed by atoms with E-state index >= 15 is 0 Å². The average molecular weight is 332 g/mol. The third-order valence-electron chi connectivity index (χ3n) is 5.73. The molecule has 4 rings (SSSR count). The lowest BCUT2D eigenvalue weighted by atomic mass is 9.86. The van der Waals surface area contributed by atoms with Gasteiger partial charge in [0.1, 0.15) is 0 Å². The molecule has 1 aromatic heterocycles. The number of nitrogens with zero attached hydrogens (tertiary/aromatic N) is 3. The summed E-state index contributed by atoms with van der Waals surface area (Å²) in [6.45, 7) is 6.20. The van der Waals surface area contributed by atoms with Crippen molar-refractivity contribution >= 4 is 5.95 Å². The Balaban J connectivity index is 1.25. The van der Waals surface area contributed by atoms with Gasteiger partial charge in [-0.3, -0.25) is 0 Å². The van der Waals surface area contributed by atoms with Gasteiger partial charge in [-0.1, -0.05) is 0 Å². The molecule has 1 atom stereocenters. The second-order valence-electron chi connectivity index (χ2n) is 7.47. The van der Waals surface area contributed by atoms with Gasteiger partial charge in [0.15, 0.2) is 0 Å². The lowest BCUT2D eigenvalue weighted by molar-refractivity contribution is -0.0486. The van der Waals surface area contributed by atoms with Crippen LogP contribution in [-0.4, -0.2) is 66.0 Å². The molecule has 0 saturated carbocycles. The summed E-state index contributed by atoms with van der Waals surface area (Å²) < 4.78 is 11.7. The van der Waals surface area contributed by atoms with Crippen LogP contribution in [0.5, 0.6) is 0 Å². The largest absolute Gasteiger partial charge is 0.381 e. The summed E-state index contributed by atoms with van der Waals surface area (Å²) in [4.78, 5) is 11.1. The van der Waals surface area contributed by atoms with E-state index in [0.717, 1.165) is 58.1 Å². The van der Waals surface area contributed by atoms with Crippen molar-refractivity contribution in [2.75, 3.05) is 44.8 Å². The highest BCUT2D eigenvalue weighted by atomic mass is 16.5. The van der Waals surface area contributed by atoms with Gasteiger partial charge in [0.2, 0.25) is 5.95 Å². The monoisotopic (exact) mass is 332 g/mol. The van der Waals surface area contributed by atoms with Crippen LogP contribution in [0.1, 0.15) is 32.1 Å². The van der Waals surface area contributed by atoms with E-state index in [1.54, 1.807) is 12.4 Å². The van der Waals surface area contributed by atoms with Crippen LogP contribution in [0.2, 0.25) is 0 Å². The Morgan fingerprint density at radius 1 is 1.17 bits per heavy atom. The minimum absolute atomic E-state index is 0.0681. The van der Waals surface area contributed by atoms with Crippen LogP contribution in [0, 0.1) is 5.92 Å². The van der Waals surface area contributed by atoms with Crippen molar-refractivity contribution in [1.29, 1.82) is 0 Å². The first-order valence-electron chi connectivity index (χ1n) is 9.29. The number of likely N-dealkylation sites (tertiary alicyclic amines) is 1. The van der Waals surface area contributed by atoms with Crippen LogP contribution in [0.15, 0.2) is 18.5 Å². The number of hydrogen-bond donors (Lipinski definition) is 1. The van der Waals surface area contributed by atoms with Crippen molar-refractivity contribution in [2.45, 2.75) is 43.7 Å². The summed E-state index contributed by atoms with van der Waals surface area (Å²) in [5, 5.41) is 3.41. The van der Waals surface area contributed by atoms with Crippen LogP contribution >= 0.6 is 0 Å². The summed E-state index contributed by atoms with van der Waals surface area (Å²) in [6, 6.07) is 2.17. The maximum Gasteiger partial charge on any atom is 0.222 e. The normalized spacial score (nSPS) is 28.2. The first-order valence-corrected chi connectivity index (χ1v) is 9.29. The third kappa shape index (κ3) is 3.87. The molecule has 3 saturated heterocycles. The maximum atomic E-state index is 6.24. The Hall–Kier alpha value is -1.24. The van der Waals surface area contributed by atoms with Crippen molar-refractivity contribution in [2.24, 2.45) is 5.92 Å². The number of nitrogens with one attached hydrogen (secondary N) is 1. The number of hydrogen-bond acceptors (Lipinski definition) is 6. The van der Waals surface area contributed by atoms with Crippen molar-refractivity contribution in [3.8, 4) is 0 Å². The van der Waals surface area contributed by atoms with Crippen molar-refractivity contribution < 1.29 is 9.47 Å². The molecule has 4 heterocycles.